The smallest absolute Gasteiger partial charge is 0.317 e. The standard InChI is InChI=1S/C18H15P.C6H11BrO2/c1-4-10-16(11-5-1)19(17-12-6-2-7-13-17)18-14-8-3-9-15-18;1-2-3-4-5(7)6(8)9/h1-15H;5H,2-4H2,1H3,(H,8,9). The molecule has 1 unspecified atom stereocenters. The fraction of sp³-hybridized carbons (Fsp3) is 0.208. The van der Waals surface area contributed by atoms with Crippen molar-refractivity contribution in [1.82, 2.24) is 0 Å². The van der Waals surface area contributed by atoms with Gasteiger partial charge in [0.15, 0.2) is 0 Å². The van der Waals surface area contributed by atoms with Crippen molar-refractivity contribution < 1.29 is 9.90 Å². The van der Waals surface area contributed by atoms with Crippen molar-refractivity contribution in [1.29, 1.82) is 0 Å². The van der Waals surface area contributed by atoms with Gasteiger partial charge in [0.2, 0.25) is 0 Å². The number of hydrogen-bond donors (Lipinski definition) is 1. The van der Waals surface area contributed by atoms with E-state index in [0.717, 1.165) is 19.3 Å². The fourth-order valence-corrected chi connectivity index (χ4v) is 5.31. The molecule has 1 N–H and O–H groups in total. The van der Waals surface area contributed by atoms with Crippen molar-refractivity contribution in [3.8, 4) is 0 Å². The van der Waals surface area contributed by atoms with Crippen molar-refractivity contribution in [3.05, 3.63) is 91.0 Å². The number of aliphatic carboxylic acids is 1. The molecule has 0 aliphatic heterocycles. The van der Waals surface area contributed by atoms with E-state index in [9.17, 15) is 4.79 Å². The van der Waals surface area contributed by atoms with E-state index in [4.69, 9.17) is 5.11 Å². The third kappa shape index (κ3) is 7.22. The molecule has 0 heterocycles. The first-order chi connectivity index (χ1) is 13.6. The molecule has 0 fully saturated rings. The second kappa shape index (κ2) is 12.5. The monoisotopic (exact) mass is 456 g/mol. The molecule has 0 bridgehead atoms. The van der Waals surface area contributed by atoms with Gasteiger partial charge >= 0.3 is 5.97 Å². The van der Waals surface area contributed by atoms with Gasteiger partial charge < -0.3 is 5.11 Å². The summed E-state index contributed by atoms with van der Waals surface area (Å²) < 4.78 is 0. The molecule has 3 rings (SSSR count). The SMILES string of the molecule is CCCCC(Br)C(=O)O.c1ccc(P(c2ccccc2)c2ccccc2)cc1. The van der Waals surface area contributed by atoms with E-state index in [2.05, 4.69) is 107 Å². The van der Waals surface area contributed by atoms with Crippen LogP contribution in [0.25, 0.3) is 0 Å². The number of benzene rings is 3. The lowest BCUT2D eigenvalue weighted by atomic mass is 10.2. The Hall–Kier alpha value is -1.96. The normalized spacial score (nSPS) is 11.4. The Bertz CT molecular complexity index is 716. The molecule has 0 spiro atoms. The highest BCUT2D eigenvalue weighted by Gasteiger charge is 2.15. The van der Waals surface area contributed by atoms with E-state index in [1.54, 1.807) is 0 Å². The zero-order valence-corrected chi connectivity index (χ0v) is 18.5. The lowest BCUT2D eigenvalue weighted by Crippen LogP contribution is -2.20. The van der Waals surface area contributed by atoms with Crippen LogP contribution in [0.5, 0.6) is 0 Å². The summed E-state index contributed by atoms with van der Waals surface area (Å²) in [5.41, 5.74) is 0. The highest BCUT2D eigenvalue weighted by molar-refractivity contribution is 9.10. The Morgan fingerprint density at radius 2 is 1.18 bits per heavy atom. The molecule has 146 valence electrons. The van der Waals surface area contributed by atoms with E-state index >= 15 is 0 Å². The third-order valence-electron chi connectivity index (χ3n) is 4.12. The van der Waals surface area contributed by atoms with Crippen molar-refractivity contribution in [2.24, 2.45) is 0 Å². The van der Waals surface area contributed by atoms with Gasteiger partial charge in [0, 0.05) is 0 Å². The van der Waals surface area contributed by atoms with E-state index < -0.39 is 13.9 Å². The largest absolute Gasteiger partial charge is 0.480 e. The molecule has 0 aliphatic rings. The average molecular weight is 457 g/mol. The molecular weight excluding hydrogens is 431 g/mol. The topological polar surface area (TPSA) is 37.3 Å². The average Bonchev–Trinajstić information content (AvgIpc) is 2.75. The van der Waals surface area contributed by atoms with Crippen LogP contribution in [0.4, 0.5) is 0 Å². The number of hydrogen-bond acceptors (Lipinski definition) is 1. The molecule has 3 aromatic rings. The van der Waals surface area contributed by atoms with Crippen LogP contribution >= 0.6 is 23.9 Å². The summed E-state index contributed by atoms with van der Waals surface area (Å²) >= 11 is 3.04. The number of alkyl halides is 1. The van der Waals surface area contributed by atoms with E-state index in [0.29, 0.717) is 0 Å². The molecule has 0 saturated heterocycles. The lowest BCUT2D eigenvalue weighted by molar-refractivity contribution is -0.136. The molecular formula is C24H26BrO2P. The highest BCUT2D eigenvalue weighted by atomic mass is 79.9. The van der Waals surface area contributed by atoms with Gasteiger partial charge in [0.1, 0.15) is 4.83 Å². The van der Waals surface area contributed by atoms with Gasteiger partial charge in [-0.3, -0.25) is 4.79 Å². The van der Waals surface area contributed by atoms with Gasteiger partial charge in [-0.2, -0.15) is 0 Å². The zero-order valence-electron chi connectivity index (χ0n) is 16.0. The van der Waals surface area contributed by atoms with Crippen molar-refractivity contribution >= 4 is 45.7 Å². The zero-order chi connectivity index (χ0) is 20.2. The van der Waals surface area contributed by atoms with Gasteiger partial charge in [-0.05, 0) is 30.3 Å². The Morgan fingerprint density at radius 1 is 0.821 bits per heavy atom. The second-order valence-electron chi connectivity index (χ2n) is 6.29. The summed E-state index contributed by atoms with van der Waals surface area (Å²) in [6.45, 7) is 2.04. The van der Waals surface area contributed by atoms with Crippen molar-refractivity contribution in [3.63, 3.8) is 0 Å². The number of unbranched alkanes of at least 4 members (excludes halogenated alkanes) is 1. The molecule has 0 amide bonds. The van der Waals surface area contributed by atoms with Gasteiger partial charge in [-0.15, -0.1) is 0 Å². The molecule has 3 aromatic carbocycles. The number of rotatable bonds is 7. The minimum atomic E-state index is -0.761. The third-order valence-corrected chi connectivity index (χ3v) is 7.42. The van der Waals surface area contributed by atoms with Crippen LogP contribution in [0, 0.1) is 0 Å². The van der Waals surface area contributed by atoms with Crippen LogP contribution in [0.15, 0.2) is 91.0 Å². The molecule has 0 aliphatic carbocycles. The minimum absolute atomic E-state index is 0.350. The molecule has 4 heteroatoms. The van der Waals surface area contributed by atoms with E-state index in [-0.39, 0.29) is 4.83 Å². The van der Waals surface area contributed by atoms with Crippen LogP contribution in [0.3, 0.4) is 0 Å². The van der Waals surface area contributed by atoms with Gasteiger partial charge in [-0.1, -0.05) is 127 Å². The summed E-state index contributed by atoms with van der Waals surface area (Å²) in [6.07, 6.45) is 2.75. The Labute approximate surface area is 177 Å². The first-order valence-corrected chi connectivity index (χ1v) is 11.7. The first kappa shape index (κ1) is 22.3. The number of carboxylic acids is 1. The van der Waals surface area contributed by atoms with E-state index in [1.807, 2.05) is 6.92 Å². The molecule has 2 nitrogen and oxygen atoms in total. The lowest BCUT2D eigenvalue weighted by Gasteiger charge is -2.18. The summed E-state index contributed by atoms with van der Waals surface area (Å²) in [5.74, 6) is -0.761. The number of carboxylic acid groups (broad SMARTS) is 1. The quantitative estimate of drug-likeness (QED) is 0.378. The minimum Gasteiger partial charge on any atom is -0.480 e. The van der Waals surface area contributed by atoms with Crippen LogP contribution in [0.1, 0.15) is 26.2 Å². The Balaban J connectivity index is 0.000000266. The maximum Gasteiger partial charge on any atom is 0.317 e. The number of halogens is 1. The molecule has 0 aromatic heterocycles. The molecule has 0 saturated carbocycles. The molecule has 1 atom stereocenters. The van der Waals surface area contributed by atoms with Crippen LogP contribution in [0.2, 0.25) is 0 Å². The second-order valence-corrected chi connectivity index (χ2v) is 9.62. The van der Waals surface area contributed by atoms with Crippen LogP contribution in [-0.2, 0) is 4.79 Å². The van der Waals surface area contributed by atoms with Crippen LogP contribution < -0.4 is 15.9 Å². The maximum atomic E-state index is 10.2. The highest BCUT2D eigenvalue weighted by Crippen LogP contribution is 2.32. The molecule has 0 radical (unpaired) electrons. The maximum absolute atomic E-state index is 10.2. The van der Waals surface area contributed by atoms with Gasteiger partial charge in [-0.25, -0.2) is 0 Å². The summed E-state index contributed by atoms with van der Waals surface area (Å²) in [4.78, 5) is 9.81. The van der Waals surface area contributed by atoms with E-state index in [1.165, 1.54) is 15.9 Å². The number of carbonyl (C=O) groups is 1. The summed E-state index contributed by atoms with van der Waals surface area (Å²) in [5, 5.41) is 12.6. The summed E-state index contributed by atoms with van der Waals surface area (Å²) in [6, 6.07) is 32.3. The van der Waals surface area contributed by atoms with Gasteiger partial charge in [0.25, 0.3) is 0 Å². The predicted octanol–water partition coefficient (Wildman–Crippen LogP) is 5.47. The van der Waals surface area contributed by atoms with Crippen LogP contribution in [-0.4, -0.2) is 15.9 Å². The van der Waals surface area contributed by atoms with Gasteiger partial charge in [0.05, 0.1) is 0 Å². The Kier molecular flexibility index (Phi) is 9.96. The molecule has 28 heavy (non-hydrogen) atoms. The van der Waals surface area contributed by atoms with Crippen molar-refractivity contribution in [2.75, 3.05) is 0 Å². The fourth-order valence-electron chi connectivity index (χ4n) is 2.69. The predicted molar refractivity (Wildman–Crippen MR) is 125 cm³/mol. The van der Waals surface area contributed by atoms with Crippen molar-refractivity contribution in [2.45, 2.75) is 31.0 Å². The Morgan fingerprint density at radius 3 is 1.46 bits per heavy atom. The first-order valence-electron chi connectivity index (χ1n) is 9.45. The summed E-state index contributed by atoms with van der Waals surface area (Å²) in [7, 11) is -0.446.